The fraction of sp³-hybridized carbons (Fsp3) is 0.500. The van der Waals surface area contributed by atoms with E-state index in [1.165, 1.54) is 12.8 Å². The summed E-state index contributed by atoms with van der Waals surface area (Å²) >= 11 is 0. The second-order valence-corrected chi connectivity index (χ2v) is 5.56. The first-order valence-electron chi connectivity index (χ1n) is 7.43. The molecule has 0 aromatic heterocycles. The summed E-state index contributed by atoms with van der Waals surface area (Å²) in [4.78, 5) is 25.2. The Balaban J connectivity index is 1.87. The van der Waals surface area contributed by atoms with Gasteiger partial charge in [0.1, 0.15) is 0 Å². The summed E-state index contributed by atoms with van der Waals surface area (Å²) in [6.45, 7) is 0.534. The molecule has 3 amide bonds. The van der Waals surface area contributed by atoms with Crippen LogP contribution in [0.4, 0.5) is 4.79 Å². The van der Waals surface area contributed by atoms with Gasteiger partial charge in [0.15, 0.2) is 0 Å². The van der Waals surface area contributed by atoms with Crippen LogP contribution >= 0.6 is 0 Å². The Morgan fingerprint density at radius 2 is 1.81 bits per heavy atom. The van der Waals surface area contributed by atoms with Crippen LogP contribution in [0.25, 0.3) is 0 Å². The Hall–Kier alpha value is -2.04. The monoisotopic (exact) mass is 289 g/mol. The maximum Gasteiger partial charge on any atom is 0.317 e. The predicted molar refractivity (Wildman–Crippen MR) is 82.1 cm³/mol. The van der Waals surface area contributed by atoms with Gasteiger partial charge in [-0.1, -0.05) is 25.0 Å². The largest absolute Gasteiger partial charge is 0.355 e. The van der Waals surface area contributed by atoms with Crippen molar-refractivity contribution in [2.45, 2.75) is 38.3 Å². The van der Waals surface area contributed by atoms with Gasteiger partial charge in [0, 0.05) is 32.2 Å². The van der Waals surface area contributed by atoms with Crippen LogP contribution in [0.15, 0.2) is 24.3 Å². The molecule has 0 saturated heterocycles. The van der Waals surface area contributed by atoms with Crippen LogP contribution in [0.5, 0.6) is 0 Å². The Kier molecular flexibility index (Phi) is 5.20. The number of hydrogen-bond acceptors (Lipinski definition) is 2. The average Bonchev–Trinajstić information content (AvgIpc) is 3.00. The topological polar surface area (TPSA) is 61.4 Å². The predicted octanol–water partition coefficient (Wildman–Crippen LogP) is 2.13. The van der Waals surface area contributed by atoms with E-state index in [1.54, 1.807) is 31.1 Å². The molecule has 0 unspecified atom stereocenters. The molecule has 1 aliphatic rings. The van der Waals surface area contributed by atoms with Crippen molar-refractivity contribution < 1.29 is 9.59 Å². The molecule has 1 fully saturated rings. The van der Waals surface area contributed by atoms with E-state index in [-0.39, 0.29) is 11.9 Å². The average molecular weight is 289 g/mol. The standard InChI is InChI=1S/C16H23N3O2/c1-17-15(20)13-9-7-12(8-10-13)11-19(2)16(21)18-14-5-3-4-6-14/h7-10,14H,3-6,11H2,1-2H3,(H,17,20)(H,18,21). The summed E-state index contributed by atoms with van der Waals surface area (Å²) in [5, 5.41) is 5.65. The van der Waals surface area contributed by atoms with Crippen LogP contribution in [0.1, 0.15) is 41.6 Å². The van der Waals surface area contributed by atoms with Crippen LogP contribution in [0, 0.1) is 0 Å². The van der Waals surface area contributed by atoms with Crippen molar-refractivity contribution in [3.05, 3.63) is 35.4 Å². The molecule has 0 spiro atoms. The van der Waals surface area contributed by atoms with E-state index in [2.05, 4.69) is 10.6 Å². The molecule has 21 heavy (non-hydrogen) atoms. The number of hydrogen-bond donors (Lipinski definition) is 2. The number of nitrogens with one attached hydrogen (secondary N) is 2. The molecule has 2 N–H and O–H groups in total. The molecular weight excluding hydrogens is 266 g/mol. The quantitative estimate of drug-likeness (QED) is 0.892. The minimum Gasteiger partial charge on any atom is -0.355 e. The van der Waals surface area contributed by atoms with Crippen molar-refractivity contribution >= 4 is 11.9 Å². The third kappa shape index (κ3) is 4.21. The van der Waals surface area contributed by atoms with Crippen LogP contribution in [-0.4, -0.2) is 37.0 Å². The highest BCUT2D eigenvalue weighted by molar-refractivity contribution is 5.93. The summed E-state index contributed by atoms with van der Waals surface area (Å²) in [5.41, 5.74) is 1.63. The van der Waals surface area contributed by atoms with Gasteiger partial charge < -0.3 is 15.5 Å². The van der Waals surface area contributed by atoms with E-state index >= 15 is 0 Å². The number of carbonyl (C=O) groups is 2. The van der Waals surface area contributed by atoms with Crippen LogP contribution in [0.2, 0.25) is 0 Å². The van der Waals surface area contributed by atoms with E-state index in [4.69, 9.17) is 0 Å². The van der Waals surface area contributed by atoms with Gasteiger partial charge in [0.2, 0.25) is 0 Å². The maximum absolute atomic E-state index is 12.1. The lowest BCUT2D eigenvalue weighted by Crippen LogP contribution is -2.41. The molecule has 0 atom stereocenters. The van der Waals surface area contributed by atoms with Gasteiger partial charge in [-0.25, -0.2) is 4.79 Å². The fourth-order valence-corrected chi connectivity index (χ4v) is 2.61. The number of amides is 3. The molecule has 0 aliphatic heterocycles. The Bertz CT molecular complexity index is 493. The second-order valence-electron chi connectivity index (χ2n) is 5.56. The Morgan fingerprint density at radius 3 is 2.38 bits per heavy atom. The number of nitrogens with zero attached hydrogens (tertiary/aromatic N) is 1. The third-order valence-electron chi connectivity index (χ3n) is 3.89. The normalized spacial score (nSPS) is 14.8. The summed E-state index contributed by atoms with van der Waals surface area (Å²) in [7, 11) is 3.40. The minimum absolute atomic E-state index is 0.0303. The number of urea groups is 1. The van der Waals surface area contributed by atoms with Gasteiger partial charge >= 0.3 is 6.03 Å². The molecule has 0 bridgehead atoms. The smallest absolute Gasteiger partial charge is 0.317 e. The van der Waals surface area contributed by atoms with E-state index in [0.717, 1.165) is 18.4 Å². The SMILES string of the molecule is CNC(=O)c1ccc(CN(C)C(=O)NC2CCCC2)cc1. The molecular formula is C16H23N3O2. The Morgan fingerprint density at radius 1 is 1.19 bits per heavy atom. The van der Waals surface area contributed by atoms with Gasteiger partial charge in [0.05, 0.1) is 0 Å². The number of rotatable bonds is 4. The van der Waals surface area contributed by atoms with E-state index in [9.17, 15) is 9.59 Å². The minimum atomic E-state index is -0.103. The molecule has 1 aliphatic carbocycles. The number of carbonyl (C=O) groups excluding carboxylic acids is 2. The zero-order chi connectivity index (χ0) is 15.2. The molecule has 1 saturated carbocycles. The highest BCUT2D eigenvalue weighted by Crippen LogP contribution is 2.18. The zero-order valence-electron chi connectivity index (χ0n) is 12.7. The van der Waals surface area contributed by atoms with Gasteiger partial charge in [0.25, 0.3) is 5.91 Å². The second kappa shape index (κ2) is 7.11. The van der Waals surface area contributed by atoms with Gasteiger partial charge in [-0.2, -0.15) is 0 Å². The van der Waals surface area contributed by atoms with Crippen molar-refractivity contribution in [2.24, 2.45) is 0 Å². The van der Waals surface area contributed by atoms with Crippen LogP contribution in [-0.2, 0) is 6.54 Å². The molecule has 0 radical (unpaired) electrons. The molecule has 1 aromatic rings. The molecule has 114 valence electrons. The first-order valence-corrected chi connectivity index (χ1v) is 7.43. The highest BCUT2D eigenvalue weighted by Gasteiger charge is 2.19. The van der Waals surface area contributed by atoms with E-state index < -0.39 is 0 Å². The van der Waals surface area contributed by atoms with E-state index in [1.807, 2.05) is 12.1 Å². The molecule has 0 heterocycles. The lowest BCUT2D eigenvalue weighted by Gasteiger charge is -2.21. The molecule has 5 nitrogen and oxygen atoms in total. The van der Waals surface area contributed by atoms with Crippen molar-refractivity contribution in [3.63, 3.8) is 0 Å². The summed E-state index contributed by atoms with van der Waals surface area (Å²) in [6.07, 6.45) is 4.58. The molecule has 1 aromatic carbocycles. The lowest BCUT2D eigenvalue weighted by atomic mass is 10.1. The fourth-order valence-electron chi connectivity index (χ4n) is 2.61. The van der Waals surface area contributed by atoms with Gasteiger partial charge in [-0.05, 0) is 30.5 Å². The van der Waals surface area contributed by atoms with Crippen LogP contribution in [0.3, 0.4) is 0 Å². The zero-order valence-corrected chi connectivity index (χ0v) is 12.7. The summed E-state index contributed by atoms with van der Waals surface area (Å²) in [6, 6.07) is 7.61. The first kappa shape index (κ1) is 15.4. The van der Waals surface area contributed by atoms with Gasteiger partial charge in [-0.3, -0.25) is 4.79 Å². The van der Waals surface area contributed by atoms with Crippen molar-refractivity contribution in [1.82, 2.24) is 15.5 Å². The van der Waals surface area contributed by atoms with Gasteiger partial charge in [-0.15, -0.1) is 0 Å². The lowest BCUT2D eigenvalue weighted by molar-refractivity contribution is 0.0963. The van der Waals surface area contributed by atoms with Crippen molar-refractivity contribution in [2.75, 3.05) is 14.1 Å². The molecule has 2 rings (SSSR count). The first-order chi connectivity index (χ1) is 10.1. The molecule has 5 heteroatoms. The maximum atomic E-state index is 12.1. The van der Waals surface area contributed by atoms with Crippen molar-refractivity contribution in [3.8, 4) is 0 Å². The van der Waals surface area contributed by atoms with E-state index in [0.29, 0.717) is 18.2 Å². The third-order valence-corrected chi connectivity index (χ3v) is 3.89. The Labute approximate surface area is 125 Å². The highest BCUT2D eigenvalue weighted by atomic mass is 16.2. The summed E-state index contributed by atoms with van der Waals surface area (Å²) < 4.78 is 0. The van der Waals surface area contributed by atoms with Crippen LogP contribution < -0.4 is 10.6 Å². The number of benzene rings is 1. The summed E-state index contributed by atoms with van der Waals surface area (Å²) in [5.74, 6) is -0.103. The van der Waals surface area contributed by atoms with Crippen molar-refractivity contribution in [1.29, 1.82) is 0 Å².